The van der Waals surface area contributed by atoms with Gasteiger partial charge in [0.15, 0.2) is 0 Å². The summed E-state index contributed by atoms with van der Waals surface area (Å²) in [6, 6.07) is 8.45. The van der Waals surface area contributed by atoms with Crippen molar-refractivity contribution in [1.82, 2.24) is 4.31 Å². The number of amides is 1. The van der Waals surface area contributed by atoms with E-state index in [1.54, 1.807) is 20.8 Å². The lowest BCUT2D eigenvalue weighted by Crippen LogP contribution is -2.30. The Kier molecular flexibility index (Phi) is 7.91. The Balaban J connectivity index is 2.33. The van der Waals surface area contributed by atoms with Crippen molar-refractivity contribution in [2.45, 2.75) is 32.0 Å². The molecule has 170 valence electrons. The molecule has 11 heteroatoms. The first kappa shape index (κ1) is 24.5. The average molecular weight is 460 g/mol. The maximum absolute atomic E-state index is 12.8. The Hall–Kier alpha value is -2.79. The molecular formula is C20H23F3N2O5S. The Bertz CT molecular complexity index is 1000. The van der Waals surface area contributed by atoms with Crippen LogP contribution in [0, 0.1) is 0 Å². The minimum atomic E-state index is -4.84. The van der Waals surface area contributed by atoms with Crippen molar-refractivity contribution in [2.24, 2.45) is 0 Å². The molecule has 2 aromatic carbocycles. The van der Waals surface area contributed by atoms with Crippen LogP contribution in [0.4, 0.5) is 18.9 Å². The molecule has 0 heterocycles. The summed E-state index contributed by atoms with van der Waals surface area (Å²) in [5, 5.41) is 2.56. The van der Waals surface area contributed by atoms with Gasteiger partial charge in [0.25, 0.3) is 5.91 Å². The molecule has 0 atom stereocenters. The first-order valence-corrected chi connectivity index (χ1v) is 10.9. The van der Waals surface area contributed by atoms with E-state index in [-0.39, 0.29) is 41.6 Å². The van der Waals surface area contributed by atoms with E-state index in [1.165, 1.54) is 22.5 Å². The van der Waals surface area contributed by atoms with Gasteiger partial charge < -0.3 is 14.8 Å². The van der Waals surface area contributed by atoms with Crippen LogP contribution in [0.3, 0.4) is 0 Å². The topological polar surface area (TPSA) is 84.9 Å². The number of anilines is 1. The number of nitrogens with one attached hydrogen (secondary N) is 1. The lowest BCUT2D eigenvalue weighted by molar-refractivity contribution is -0.274. The Morgan fingerprint density at radius 2 is 1.65 bits per heavy atom. The highest BCUT2D eigenvalue weighted by Crippen LogP contribution is 2.30. The molecule has 0 fully saturated rings. The lowest BCUT2D eigenvalue weighted by atomic mass is 10.2. The zero-order valence-corrected chi connectivity index (χ0v) is 18.0. The van der Waals surface area contributed by atoms with Crippen LogP contribution in [0.1, 0.15) is 31.1 Å². The summed E-state index contributed by atoms with van der Waals surface area (Å²) in [4.78, 5) is 12.6. The number of hydrogen-bond donors (Lipinski definition) is 1. The van der Waals surface area contributed by atoms with Crippen molar-refractivity contribution in [3.05, 3.63) is 48.0 Å². The van der Waals surface area contributed by atoms with Gasteiger partial charge >= 0.3 is 6.36 Å². The number of nitrogens with zero attached hydrogens (tertiary/aromatic N) is 1. The summed E-state index contributed by atoms with van der Waals surface area (Å²) in [5.41, 5.74) is 0.171. The van der Waals surface area contributed by atoms with E-state index in [0.717, 1.165) is 24.3 Å². The fourth-order valence-electron chi connectivity index (χ4n) is 2.76. The molecule has 7 nitrogen and oxygen atoms in total. The number of hydrogen-bond acceptors (Lipinski definition) is 5. The van der Waals surface area contributed by atoms with Gasteiger partial charge in [-0.1, -0.05) is 13.8 Å². The van der Waals surface area contributed by atoms with E-state index in [2.05, 4.69) is 10.1 Å². The van der Waals surface area contributed by atoms with E-state index in [4.69, 9.17) is 4.74 Å². The fraction of sp³-hybridized carbons (Fsp3) is 0.350. The number of halogens is 3. The molecule has 0 spiro atoms. The summed E-state index contributed by atoms with van der Waals surface area (Å²) in [7, 11) is -3.78. The summed E-state index contributed by atoms with van der Waals surface area (Å²) >= 11 is 0. The molecule has 31 heavy (non-hydrogen) atoms. The van der Waals surface area contributed by atoms with Gasteiger partial charge in [-0.3, -0.25) is 4.79 Å². The first-order chi connectivity index (χ1) is 14.5. The minimum absolute atomic E-state index is 0.0242. The van der Waals surface area contributed by atoms with Crippen LogP contribution in [0.2, 0.25) is 0 Å². The molecule has 0 saturated carbocycles. The van der Waals surface area contributed by atoms with E-state index in [0.29, 0.717) is 0 Å². The van der Waals surface area contributed by atoms with Gasteiger partial charge in [-0.25, -0.2) is 8.42 Å². The predicted molar refractivity (Wildman–Crippen MR) is 109 cm³/mol. The minimum Gasteiger partial charge on any atom is -0.492 e. The maximum atomic E-state index is 12.8. The van der Waals surface area contributed by atoms with Crippen molar-refractivity contribution in [1.29, 1.82) is 0 Å². The van der Waals surface area contributed by atoms with Gasteiger partial charge in [0.05, 0.1) is 17.2 Å². The predicted octanol–water partition coefficient (Wildman–Crippen LogP) is 4.27. The highest BCUT2D eigenvalue weighted by molar-refractivity contribution is 7.89. The molecule has 0 unspecified atom stereocenters. The number of carbonyl (C=O) groups is 1. The van der Waals surface area contributed by atoms with Crippen molar-refractivity contribution in [2.75, 3.05) is 25.0 Å². The molecule has 0 aliphatic heterocycles. The number of carbonyl (C=O) groups excluding carboxylic acids is 1. The average Bonchev–Trinajstić information content (AvgIpc) is 2.69. The zero-order valence-electron chi connectivity index (χ0n) is 17.2. The molecule has 1 N–H and O–H groups in total. The van der Waals surface area contributed by atoms with Gasteiger partial charge in [-0.2, -0.15) is 4.31 Å². The number of sulfonamides is 1. The molecule has 2 aromatic rings. The summed E-state index contributed by atoms with van der Waals surface area (Å²) in [6.07, 6.45) is -4.84. The Labute approximate surface area is 178 Å². The van der Waals surface area contributed by atoms with Crippen molar-refractivity contribution in [3.8, 4) is 11.5 Å². The third kappa shape index (κ3) is 6.34. The summed E-state index contributed by atoms with van der Waals surface area (Å²) in [6.45, 7) is 5.98. The highest BCUT2D eigenvalue weighted by Gasteiger charge is 2.31. The van der Waals surface area contributed by atoms with E-state index >= 15 is 0 Å². The van der Waals surface area contributed by atoms with Gasteiger partial charge in [-0.05, 0) is 49.4 Å². The molecule has 1 amide bonds. The van der Waals surface area contributed by atoms with Crippen LogP contribution < -0.4 is 14.8 Å². The van der Waals surface area contributed by atoms with Crippen molar-refractivity contribution in [3.63, 3.8) is 0 Å². The first-order valence-electron chi connectivity index (χ1n) is 9.46. The van der Waals surface area contributed by atoms with E-state index < -0.39 is 28.0 Å². The van der Waals surface area contributed by atoms with Crippen molar-refractivity contribution < 1.29 is 35.9 Å². The van der Waals surface area contributed by atoms with Gasteiger partial charge in [0.1, 0.15) is 11.5 Å². The molecule has 0 aliphatic rings. The number of alkyl halides is 3. The highest BCUT2D eigenvalue weighted by atomic mass is 32.2. The second-order valence-electron chi connectivity index (χ2n) is 6.21. The van der Waals surface area contributed by atoms with Crippen LogP contribution >= 0.6 is 0 Å². The second kappa shape index (κ2) is 10.0. The second-order valence-corrected chi connectivity index (χ2v) is 8.14. The fourth-order valence-corrected chi connectivity index (χ4v) is 4.25. The molecule has 0 radical (unpaired) electrons. The summed E-state index contributed by atoms with van der Waals surface area (Å²) < 4.78 is 72.9. The molecule has 0 aromatic heterocycles. The Morgan fingerprint density at radius 3 is 2.16 bits per heavy atom. The van der Waals surface area contributed by atoms with Crippen molar-refractivity contribution >= 4 is 21.6 Å². The molecule has 0 aliphatic carbocycles. The van der Waals surface area contributed by atoms with Crippen LogP contribution in [0.5, 0.6) is 11.5 Å². The summed E-state index contributed by atoms with van der Waals surface area (Å²) in [5.74, 6) is -0.866. The van der Waals surface area contributed by atoms with E-state index in [1.807, 2.05) is 0 Å². The van der Waals surface area contributed by atoms with E-state index in [9.17, 15) is 26.4 Å². The molecule has 0 bridgehead atoms. The zero-order chi connectivity index (χ0) is 23.2. The van der Waals surface area contributed by atoms with Gasteiger partial charge in [-0.15, -0.1) is 13.2 Å². The molecule has 2 rings (SSSR count). The van der Waals surface area contributed by atoms with Crippen LogP contribution in [0.15, 0.2) is 47.4 Å². The van der Waals surface area contributed by atoms with Crippen LogP contribution in [0.25, 0.3) is 0 Å². The van der Waals surface area contributed by atoms with Gasteiger partial charge in [0, 0.05) is 18.7 Å². The number of ether oxygens (including phenoxy) is 2. The van der Waals surface area contributed by atoms with Crippen LogP contribution in [-0.2, 0) is 10.0 Å². The monoisotopic (exact) mass is 460 g/mol. The van der Waals surface area contributed by atoms with Gasteiger partial charge in [0.2, 0.25) is 10.0 Å². The normalized spacial score (nSPS) is 12.0. The lowest BCUT2D eigenvalue weighted by Gasteiger charge is -2.20. The quantitative estimate of drug-likeness (QED) is 0.604. The maximum Gasteiger partial charge on any atom is 0.573 e. The SMILES string of the molecule is CCOc1ccc(S(=O)(=O)N(CC)CC)cc1NC(=O)c1ccc(OC(F)(F)F)cc1. The molecular weight excluding hydrogens is 437 g/mol. The third-order valence-electron chi connectivity index (χ3n) is 4.19. The standard InChI is InChI=1S/C20H23F3N2O5S/c1-4-25(5-2)31(27,28)16-11-12-18(29-6-3)17(13-16)24-19(26)14-7-9-15(10-8-14)30-20(21,22)23/h7-13H,4-6H2,1-3H3,(H,24,26). The largest absolute Gasteiger partial charge is 0.573 e. The number of benzene rings is 2. The Morgan fingerprint density at radius 1 is 1.03 bits per heavy atom. The number of rotatable bonds is 9. The molecule has 0 saturated heterocycles. The van der Waals surface area contributed by atoms with Crippen LogP contribution in [-0.4, -0.2) is 44.7 Å². The smallest absolute Gasteiger partial charge is 0.492 e. The third-order valence-corrected chi connectivity index (χ3v) is 6.24.